The van der Waals surface area contributed by atoms with Gasteiger partial charge in [0.15, 0.2) is 0 Å². The first-order valence-corrected chi connectivity index (χ1v) is 16.2. The van der Waals surface area contributed by atoms with Crippen LogP contribution in [0.1, 0.15) is 71.5 Å². The first-order chi connectivity index (χ1) is 21.6. The van der Waals surface area contributed by atoms with Gasteiger partial charge in [0.25, 0.3) is 0 Å². The molecule has 1 aromatic carbocycles. The lowest BCUT2D eigenvalue weighted by atomic mass is 9.70. The zero-order valence-corrected chi connectivity index (χ0v) is 27.0. The molecule has 0 unspecified atom stereocenters. The predicted octanol–water partition coefficient (Wildman–Crippen LogP) is 3.56. The van der Waals surface area contributed by atoms with Gasteiger partial charge in [0.1, 0.15) is 17.7 Å². The Bertz CT molecular complexity index is 1250. The fraction of sp³-hybridized carbons (Fsp3) is 0.600. The predicted molar refractivity (Wildman–Crippen MR) is 170 cm³/mol. The number of allylic oxidation sites excluding steroid dienone is 1. The van der Waals surface area contributed by atoms with E-state index in [2.05, 4.69) is 18.5 Å². The van der Waals surface area contributed by atoms with Crippen LogP contribution < -0.4 is 5.32 Å². The summed E-state index contributed by atoms with van der Waals surface area (Å²) in [5.41, 5.74) is -0.519. The van der Waals surface area contributed by atoms with Crippen LogP contribution in [0.5, 0.6) is 0 Å². The maximum absolute atomic E-state index is 14.5. The zero-order chi connectivity index (χ0) is 32.9. The summed E-state index contributed by atoms with van der Waals surface area (Å²) in [6, 6.07) is 7.34. The highest BCUT2D eigenvalue weighted by Crippen LogP contribution is 2.59. The van der Waals surface area contributed by atoms with Crippen LogP contribution in [0.15, 0.2) is 55.6 Å². The van der Waals surface area contributed by atoms with E-state index in [4.69, 9.17) is 9.47 Å². The molecule has 0 aromatic heterocycles. The maximum atomic E-state index is 14.5. The van der Waals surface area contributed by atoms with Gasteiger partial charge in [-0.15, -0.1) is 13.2 Å². The third kappa shape index (κ3) is 6.58. The number of nitrogens with zero attached hydrogens (tertiary/aromatic N) is 2. The Morgan fingerprint density at radius 3 is 2.51 bits per heavy atom. The van der Waals surface area contributed by atoms with E-state index in [-0.39, 0.29) is 55.8 Å². The molecule has 3 aliphatic rings. The first kappa shape index (κ1) is 34.4. The van der Waals surface area contributed by atoms with Gasteiger partial charge in [0.2, 0.25) is 17.7 Å². The van der Waals surface area contributed by atoms with Gasteiger partial charge < -0.3 is 29.7 Å². The normalized spacial score (nSPS) is 27.1. The first-order valence-electron chi connectivity index (χ1n) is 16.2. The molecular weight excluding hydrogens is 574 g/mol. The Labute approximate surface area is 266 Å². The number of hydrogen-bond donors (Lipinski definition) is 2. The summed E-state index contributed by atoms with van der Waals surface area (Å²) in [6.45, 7) is 15.2. The molecule has 2 N–H and O–H groups in total. The lowest BCUT2D eigenvalue weighted by molar-refractivity contribution is -0.161. The topological polar surface area (TPSA) is 125 Å². The number of carbonyl (C=O) groups excluding carboxylic acids is 4. The van der Waals surface area contributed by atoms with Crippen LogP contribution in [0.3, 0.4) is 0 Å². The van der Waals surface area contributed by atoms with Gasteiger partial charge in [0, 0.05) is 19.0 Å². The second-order valence-electron chi connectivity index (χ2n) is 12.8. The molecule has 8 atom stereocenters. The lowest BCUT2D eigenvalue weighted by Crippen LogP contribution is -2.60. The maximum Gasteiger partial charge on any atom is 0.313 e. The van der Waals surface area contributed by atoms with Crippen LogP contribution in [-0.2, 0) is 28.7 Å². The number of hydrogen-bond acceptors (Lipinski definition) is 7. The van der Waals surface area contributed by atoms with E-state index in [0.29, 0.717) is 31.2 Å². The van der Waals surface area contributed by atoms with Crippen molar-refractivity contribution in [2.45, 2.75) is 95.7 Å². The summed E-state index contributed by atoms with van der Waals surface area (Å²) in [5, 5.41) is 13.4. The van der Waals surface area contributed by atoms with Crippen molar-refractivity contribution >= 4 is 23.7 Å². The summed E-state index contributed by atoms with van der Waals surface area (Å²) >= 11 is 0. The molecule has 4 rings (SSSR count). The highest BCUT2D eigenvalue weighted by molar-refractivity contribution is 5.98. The van der Waals surface area contributed by atoms with E-state index in [0.717, 1.165) is 0 Å². The number of amides is 3. The zero-order valence-electron chi connectivity index (χ0n) is 27.0. The Kier molecular flexibility index (Phi) is 11.3. The van der Waals surface area contributed by atoms with Crippen molar-refractivity contribution < 1.29 is 33.8 Å². The number of rotatable bonds is 16. The summed E-state index contributed by atoms with van der Waals surface area (Å²) in [5.74, 6) is -3.41. The number of esters is 1. The molecule has 3 amide bonds. The molecule has 3 fully saturated rings. The van der Waals surface area contributed by atoms with Gasteiger partial charge in [0.05, 0.1) is 37.1 Å². The molecule has 0 aliphatic carbocycles. The van der Waals surface area contributed by atoms with Crippen molar-refractivity contribution in [2.75, 3.05) is 19.7 Å². The minimum Gasteiger partial charge on any atom is -0.455 e. The van der Waals surface area contributed by atoms with Crippen LogP contribution in [0.25, 0.3) is 0 Å². The van der Waals surface area contributed by atoms with Crippen LogP contribution in [-0.4, -0.2) is 88.1 Å². The van der Waals surface area contributed by atoms with Crippen molar-refractivity contribution in [1.29, 1.82) is 0 Å². The molecule has 2 bridgehead atoms. The third-order valence-corrected chi connectivity index (χ3v) is 9.81. The van der Waals surface area contributed by atoms with Gasteiger partial charge in [-0.25, -0.2) is 0 Å². The molecule has 10 nitrogen and oxygen atoms in total. The Morgan fingerprint density at radius 2 is 1.91 bits per heavy atom. The Morgan fingerprint density at radius 1 is 1.20 bits per heavy atom. The number of ether oxygens (including phenoxy) is 2. The SMILES string of the molecule is C=CCCC(=O)NC[C@@H](OC(=O)[C@@H]1[C@@H]2CC[C@]3(O2)[C@H](C(=O)N(CC=C)C(C)C)N([C@@H](CO)[C@@H](C)CC)C(=O)[C@@H]13)c1ccccc1. The minimum atomic E-state index is -1.22. The minimum absolute atomic E-state index is 0.0620. The van der Waals surface area contributed by atoms with Gasteiger partial charge in [-0.2, -0.15) is 0 Å². The third-order valence-electron chi connectivity index (χ3n) is 9.81. The molecule has 10 heteroatoms. The largest absolute Gasteiger partial charge is 0.455 e. The number of benzene rings is 1. The second kappa shape index (κ2) is 14.7. The van der Waals surface area contributed by atoms with Gasteiger partial charge in [-0.05, 0) is 44.6 Å². The quantitative estimate of drug-likeness (QED) is 0.213. The van der Waals surface area contributed by atoms with E-state index >= 15 is 0 Å². The summed E-state index contributed by atoms with van der Waals surface area (Å²) in [4.78, 5) is 58.6. The van der Waals surface area contributed by atoms with E-state index in [1.807, 2.05) is 58.0 Å². The average Bonchev–Trinajstić information content (AvgIpc) is 3.68. The molecule has 3 aliphatic heterocycles. The molecule has 3 saturated heterocycles. The van der Waals surface area contributed by atoms with Crippen molar-refractivity contribution in [3.8, 4) is 0 Å². The van der Waals surface area contributed by atoms with E-state index in [1.54, 1.807) is 17.1 Å². The highest BCUT2D eigenvalue weighted by atomic mass is 16.6. The van der Waals surface area contributed by atoms with Crippen LogP contribution in [0.2, 0.25) is 0 Å². The van der Waals surface area contributed by atoms with Crippen LogP contribution >= 0.6 is 0 Å². The molecule has 1 aromatic rings. The van der Waals surface area contributed by atoms with Gasteiger partial charge in [-0.1, -0.05) is 62.8 Å². The smallest absolute Gasteiger partial charge is 0.313 e. The summed E-state index contributed by atoms with van der Waals surface area (Å²) < 4.78 is 12.7. The molecule has 246 valence electrons. The van der Waals surface area contributed by atoms with Crippen LogP contribution in [0, 0.1) is 17.8 Å². The molecule has 1 spiro atoms. The monoisotopic (exact) mass is 623 g/mol. The summed E-state index contributed by atoms with van der Waals surface area (Å²) in [6.07, 6.45) is 4.34. The number of aliphatic hydroxyl groups excluding tert-OH is 1. The Balaban J connectivity index is 1.69. The van der Waals surface area contributed by atoms with E-state index in [1.165, 1.54) is 4.90 Å². The molecular formula is C35H49N3O7. The molecule has 0 saturated carbocycles. The summed E-state index contributed by atoms with van der Waals surface area (Å²) in [7, 11) is 0. The highest BCUT2D eigenvalue weighted by Gasteiger charge is 2.76. The number of carbonyl (C=O) groups is 4. The number of nitrogens with one attached hydrogen (secondary N) is 1. The second-order valence-corrected chi connectivity index (χ2v) is 12.8. The molecule has 45 heavy (non-hydrogen) atoms. The molecule has 3 heterocycles. The van der Waals surface area contributed by atoms with Crippen molar-refractivity contribution in [1.82, 2.24) is 15.1 Å². The average molecular weight is 624 g/mol. The van der Waals surface area contributed by atoms with Crippen molar-refractivity contribution in [2.24, 2.45) is 17.8 Å². The molecule has 0 radical (unpaired) electrons. The van der Waals surface area contributed by atoms with E-state index < -0.39 is 47.7 Å². The number of fused-ring (bicyclic) bond motifs is 1. The lowest BCUT2D eigenvalue weighted by Gasteiger charge is -2.41. The number of aliphatic hydroxyl groups is 1. The van der Waals surface area contributed by atoms with E-state index in [9.17, 15) is 24.3 Å². The standard InChI is InChI=1S/C35H49N3O7/c1-7-10-16-28(40)36-20-27(24-14-12-11-13-15-24)44-34(43)29-26-17-18-35(45-26)30(29)32(41)38(25(21-39)23(6)9-3)31(35)33(42)37(19-8-2)22(4)5/h7-8,11-15,22-23,25-27,29-31,39H,1-2,9-10,16-21H2,3-6H3,(H,36,40)/t23-,25-,26-,27+,29+,30+,31-,35+/m0/s1. The Hall–Kier alpha value is -3.50. The fourth-order valence-corrected chi connectivity index (χ4v) is 7.30. The number of likely N-dealkylation sites (tertiary alicyclic amines) is 1. The fourth-order valence-electron chi connectivity index (χ4n) is 7.30. The van der Waals surface area contributed by atoms with Gasteiger partial charge >= 0.3 is 5.97 Å². The van der Waals surface area contributed by atoms with Gasteiger partial charge in [-0.3, -0.25) is 19.2 Å². The van der Waals surface area contributed by atoms with Crippen molar-refractivity contribution in [3.05, 3.63) is 61.2 Å². The van der Waals surface area contributed by atoms with Crippen LogP contribution in [0.4, 0.5) is 0 Å². The van der Waals surface area contributed by atoms with Crippen molar-refractivity contribution in [3.63, 3.8) is 0 Å².